The number of amidine groups is 1. The van der Waals surface area contributed by atoms with Gasteiger partial charge in [0.05, 0.1) is 10.4 Å². The highest BCUT2D eigenvalue weighted by Crippen LogP contribution is 2.28. The first kappa shape index (κ1) is 18.6. The summed E-state index contributed by atoms with van der Waals surface area (Å²) in [6.45, 7) is 5.40. The van der Waals surface area contributed by atoms with Crippen molar-refractivity contribution in [2.75, 3.05) is 5.32 Å². The monoisotopic (exact) mass is 409 g/mol. The van der Waals surface area contributed by atoms with Crippen LogP contribution in [0, 0.1) is 18.7 Å². The van der Waals surface area contributed by atoms with Gasteiger partial charge in [-0.05, 0) is 74.4 Å². The van der Waals surface area contributed by atoms with Gasteiger partial charge < -0.3 is 14.7 Å². The number of H-pyrrole nitrogens is 1. The van der Waals surface area contributed by atoms with Crippen LogP contribution in [-0.4, -0.2) is 19.2 Å². The third-order valence-corrected chi connectivity index (χ3v) is 5.78. The first-order chi connectivity index (χ1) is 12.2. The largest absolute Gasteiger partial charge is 0.429 e. The molecule has 9 heteroatoms. The number of oxazole rings is 1. The van der Waals surface area contributed by atoms with E-state index in [2.05, 4.69) is 14.7 Å². The van der Waals surface area contributed by atoms with Crippen LogP contribution in [0.1, 0.15) is 18.1 Å². The molecule has 3 aromatic rings. The second-order valence-corrected chi connectivity index (χ2v) is 8.21. The van der Waals surface area contributed by atoms with E-state index in [9.17, 15) is 8.42 Å². The van der Waals surface area contributed by atoms with Gasteiger partial charge in [0, 0.05) is 10.7 Å². The molecule has 1 heterocycles. The fraction of sp³-hybridized carbons (Fsp3) is 0.176. The van der Waals surface area contributed by atoms with Gasteiger partial charge in [0.25, 0.3) is 14.9 Å². The Kier molecular flexibility index (Phi) is 4.92. The molecule has 136 valence electrons. The Hall–Kier alpha value is -2.16. The topological polar surface area (TPSA) is 87.5 Å². The number of nitrogens with zero attached hydrogens (tertiary/aromatic N) is 1. The number of benzene rings is 2. The van der Waals surface area contributed by atoms with Gasteiger partial charge in [-0.3, -0.25) is 0 Å². The summed E-state index contributed by atoms with van der Waals surface area (Å²) in [6.07, 6.45) is 0. The van der Waals surface area contributed by atoms with Gasteiger partial charge in [-0.2, -0.15) is 8.42 Å². The molecule has 0 atom stereocenters. The minimum atomic E-state index is -3.83. The molecule has 0 radical (unpaired) electrons. The number of fused-ring (bicyclic) bond motifs is 1. The van der Waals surface area contributed by atoms with Crippen molar-refractivity contribution in [2.24, 2.45) is 4.40 Å². The Balaban J connectivity index is 1.96. The maximum absolute atomic E-state index is 12.4. The lowest BCUT2D eigenvalue weighted by Gasteiger charge is -2.11. The summed E-state index contributed by atoms with van der Waals surface area (Å²) in [5.41, 5.74) is 3.95. The predicted octanol–water partition coefficient (Wildman–Crippen LogP) is 4.98. The minimum absolute atomic E-state index is 0.0744. The van der Waals surface area contributed by atoms with Crippen LogP contribution in [0.2, 0.25) is 5.02 Å². The fourth-order valence-electron chi connectivity index (χ4n) is 2.53. The normalized spacial score (nSPS) is 12.5. The van der Waals surface area contributed by atoms with E-state index in [1.54, 1.807) is 6.92 Å². The highest BCUT2D eigenvalue weighted by atomic mass is 35.5. The molecule has 0 fully saturated rings. The molecular formula is C17H16ClN3O3S2. The Morgan fingerprint density at radius 2 is 1.88 bits per heavy atom. The molecule has 0 unspecified atom stereocenters. The van der Waals surface area contributed by atoms with Crippen LogP contribution in [0.3, 0.4) is 0 Å². The third kappa shape index (κ3) is 3.67. The van der Waals surface area contributed by atoms with Gasteiger partial charge in [0.1, 0.15) is 5.84 Å². The summed E-state index contributed by atoms with van der Waals surface area (Å²) in [6, 6.07) is 7.67. The van der Waals surface area contributed by atoms with Gasteiger partial charge in [-0.1, -0.05) is 11.6 Å². The fourth-order valence-corrected chi connectivity index (χ4v) is 3.84. The Labute approximate surface area is 161 Å². The van der Waals surface area contributed by atoms with Crippen molar-refractivity contribution in [1.82, 2.24) is 4.98 Å². The van der Waals surface area contributed by atoms with E-state index < -0.39 is 10.0 Å². The quantitative estimate of drug-likeness (QED) is 0.362. The van der Waals surface area contributed by atoms with E-state index in [1.807, 2.05) is 19.9 Å². The van der Waals surface area contributed by atoms with E-state index in [0.29, 0.717) is 10.6 Å². The first-order valence-electron chi connectivity index (χ1n) is 7.64. The SMILES string of the molecule is CC(=NS(=O)(=O)c1ccc(Cl)cc1)Nc1cc2[nH]c(=S)oc2c(C)c1C. The summed E-state index contributed by atoms with van der Waals surface area (Å²) >= 11 is 10.8. The van der Waals surface area contributed by atoms with Gasteiger partial charge in [0.2, 0.25) is 0 Å². The van der Waals surface area contributed by atoms with Crippen LogP contribution >= 0.6 is 23.8 Å². The molecular weight excluding hydrogens is 394 g/mol. The number of sulfonamides is 1. The molecule has 2 N–H and O–H groups in total. The molecule has 0 saturated carbocycles. The lowest BCUT2D eigenvalue weighted by atomic mass is 10.1. The molecule has 0 aliphatic heterocycles. The molecule has 0 aliphatic rings. The second kappa shape index (κ2) is 6.86. The zero-order valence-electron chi connectivity index (χ0n) is 14.3. The summed E-state index contributed by atoms with van der Waals surface area (Å²) < 4.78 is 34.1. The molecule has 2 aromatic carbocycles. The highest BCUT2D eigenvalue weighted by molar-refractivity contribution is 7.90. The van der Waals surface area contributed by atoms with Crippen molar-refractivity contribution in [3.8, 4) is 0 Å². The van der Waals surface area contributed by atoms with Crippen LogP contribution < -0.4 is 5.32 Å². The number of rotatable bonds is 3. The van der Waals surface area contributed by atoms with Crippen molar-refractivity contribution < 1.29 is 12.8 Å². The number of hydrogen-bond acceptors (Lipinski definition) is 4. The summed E-state index contributed by atoms with van der Waals surface area (Å²) in [5.74, 6) is 0.240. The molecule has 3 rings (SSSR count). The maximum atomic E-state index is 12.4. The first-order valence-corrected chi connectivity index (χ1v) is 9.87. The third-order valence-electron chi connectivity index (χ3n) is 3.96. The van der Waals surface area contributed by atoms with Gasteiger partial charge in [-0.25, -0.2) is 0 Å². The van der Waals surface area contributed by atoms with Crippen LogP contribution in [0.5, 0.6) is 0 Å². The average molecular weight is 410 g/mol. The van der Waals surface area contributed by atoms with Crippen molar-refractivity contribution in [3.05, 3.63) is 51.3 Å². The zero-order chi connectivity index (χ0) is 19.1. The van der Waals surface area contributed by atoms with Crippen LogP contribution in [0.15, 0.2) is 44.0 Å². The molecule has 26 heavy (non-hydrogen) atoms. The standard InChI is InChI=1S/C17H16ClN3O3S2/c1-9-10(2)16-15(20-17(25)24-16)8-14(9)19-11(3)21-26(22,23)13-6-4-12(18)5-7-13/h4-8H,1-3H3,(H,19,21)(H,20,25). The van der Waals surface area contributed by atoms with Gasteiger partial charge >= 0.3 is 0 Å². The molecule has 0 aliphatic carbocycles. The van der Waals surface area contributed by atoms with Crippen molar-refractivity contribution in [3.63, 3.8) is 0 Å². The number of halogens is 1. The summed E-state index contributed by atoms with van der Waals surface area (Å²) in [5, 5.41) is 3.50. The van der Waals surface area contributed by atoms with Crippen molar-refractivity contribution in [2.45, 2.75) is 25.7 Å². The van der Waals surface area contributed by atoms with Crippen LogP contribution in [0.25, 0.3) is 11.1 Å². The number of nitrogens with one attached hydrogen (secondary N) is 2. The zero-order valence-corrected chi connectivity index (χ0v) is 16.6. The molecule has 1 aromatic heterocycles. The number of hydrogen-bond donors (Lipinski definition) is 2. The Bertz CT molecular complexity index is 1180. The number of aromatic amines is 1. The van der Waals surface area contributed by atoms with E-state index in [0.717, 1.165) is 22.3 Å². The Morgan fingerprint density at radius 3 is 2.54 bits per heavy atom. The maximum Gasteiger partial charge on any atom is 0.283 e. The minimum Gasteiger partial charge on any atom is -0.429 e. The average Bonchev–Trinajstić information content (AvgIpc) is 2.93. The van der Waals surface area contributed by atoms with Crippen molar-refractivity contribution in [1.29, 1.82) is 0 Å². The van der Waals surface area contributed by atoms with Crippen molar-refractivity contribution >= 4 is 56.5 Å². The molecule has 0 spiro atoms. The summed E-state index contributed by atoms with van der Waals surface area (Å²) in [7, 11) is -3.83. The second-order valence-electron chi connectivity index (χ2n) is 5.80. The molecule has 0 amide bonds. The van der Waals surface area contributed by atoms with Gasteiger partial charge in [-0.15, -0.1) is 4.40 Å². The summed E-state index contributed by atoms with van der Waals surface area (Å²) in [4.78, 5) is 3.32. The lowest BCUT2D eigenvalue weighted by Crippen LogP contribution is -2.12. The van der Waals surface area contributed by atoms with E-state index in [1.165, 1.54) is 24.3 Å². The van der Waals surface area contributed by atoms with Crippen LogP contribution in [-0.2, 0) is 10.0 Å². The number of anilines is 1. The number of aryl methyl sites for hydroxylation is 1. The molecule has 0 bridgehead atoms. The highest BCUT2D eigenvalue weighted by Gasteiger charge is 2.15. The predicted molar refractivity (Wildman–Crippen MR) is 106 cm³/mol. The van der Waals surface area contributed by atoms with Crippen LogP contribution in [0.4, 0.5) is 5.69 Å². The molecule has 6 nitrogen and oxygen atoms in total. The Morgan fingerprint density at radius 1 is 1.23 bits per heavy atom. The smallest absolute Gasteiger partial charge is 0.283 e. The van der Waals surface area contributed by atoms with Gasteiger partial charge in [0.15, 0.2) is 5.58 Å². The number of aromatic nitrogens is 1. The van der Waals surface area contributed by atoms with E-state index in [4.69, 9.17) is 28.2 Å². The van der Waals surface area contributed by atoms with E-state index in [-0.39, 0.29) is 15.6 Å². The lowest BCUT2D eigenvalue weighted by molar-refractivity contribution is 0.581. The molecule has 0 saturated heterocycles. The van der Waals surface area contributed by atoms with E-state index >= 15 is 0 Å².